The third kappa shape index (κ3) is 3.68. The maximum Gasteiger partial charge on any atom is 0.371 e. The van der Waals surface area contributed by atoms with Gasteiger partial charge in [0.05, 0.1) is 5.71 Å². The van der Waals surface area contributed by atoms with E-state index in [1.54, 1.807) is 12.3 Å². The zero-order valence-electron chi connectivity index (χ0n) is 20.5. The van der Waals surface area contributed by atoms with Crippen LogP contribution in [-0.2, 0) is 16.7 Å². The second kappa shape index (κ2) is 8.18. The normalized spacial score (nSPS) is 38.1. The molecule has 5 rings (SSSR count). The fourth-order valence-electron chi connectivity index (χ4n) is 8.18. The van der Waals surface area contributed by atoms with Crippen LogP contribution in [0.4, 0.5) is 0 Å². The average molecular weight is 450 g/mol. The Kier molecular flexibility index (Phi) is 5.57. The summed E-state index contributed by atoms with van der Waals surface area (Å²) < 4.78 is 1.84. The lowest BCUT2D eigenvalue weighted by Gasteiger charge is -2.58. The molecule has 6 atom stereocenters. The van der Waals surface area contributed by atoms with Crippen LogP contribution in [0.3, 0.4) is 0 Å². The molecule has 0 unspecified atom stereocenters. The first-order valence-corrected chi connectivity index (χ1v) is 12.7. The summed E-state index contributed by atoms with van der Waals surface area (Å²) in [5.74, 6) is 2.39. The summed E-state index contributed by atoms with van der Waals surface area (Å²) >= 11 is 0. The summed E-state index contributed by atoms with van der Waals surface area (Å²) in [6, 6.07) is 3.59. The smallest absolute Gasteiger partial charge is 0.313 e. The highest BCUT2D eigenvalue weighted by Gasteiger charge is 2.59. The van der Waals surface area contributed by atoms with Crippen LogP contribution in [0, 0.1) is 34.5 Å². The molecule has 3 saturated carbocycles. The maximum absolute atomic E-state index is 12.5. The minimum atomic E-state index is -0.402. The fraction of sp³-hybridized carbons (Fsp3) is 0.643. The Bertz CT molecular complexity index is 1040. The first kappa shape index (κ1) is 22.5. The minimum absolute atomic E-state index is 0.209. The van der Waals surface area contributed by atoms with Crippen molar-refractivity contribution in [1.29, 1.82) is 0 Å². The zero-order valence-corrected chi connectivity index (χ0v) is 20.5. The molecule has 176 valence electrons. The number of nitrogens with zero attached hydrogens (tertiary/aromatic N) is 2. The van der Waals surface area contributed by atoms with Crippen molar-refractivity contribution in [3.8, 4) is 0 Å². The quantitative estimate of drug-likeness (QED) is 0.276. The van der Waals surface area contributed by atoms with E-state index in [0.717, 1.165) is 30.9 Å². The molecule has 0 bridgehead atoms. The van der Waals surface area contributed by atoms with E-state index in [4.69, 9.17) is 4.84 Å². The molecular formula is C28H37N2O3+. The number of oxime groups is 1. The molecule has 1 heterocycles. The van der Waals surface area contributed by atoms with Gasteiger partial charge in [-0.05, 0) is 92.6 Å². The lowest BCUT2D eigenvalue weighted by molar-refractivity contribution is -0.671. The molecule has 33 heavy (non-hydrogen) atoms. The number of hydrogen-bond donors (Lipinski definition) is 0. The van der Waals surface area contributed by atoms with Crippen LogP contribution in [0.2, 0.25) is 0 Å². The Hall–Kier alpha value is -2.30. The Morgan fingerprint density at radius 1 is 1.12 bits per heavy atom. The minimum Gasteiger partial charge on any atom is -0.313 e. The molecule has 5 nitrogen and oxygen atoms in total. The zero-order chi connectivity index (χ0) is 23.4. The van der Waals surface area contributed by atoms with Crippen LogP contribution in [0.1, 0.15) is 82.5 Å². The summed E-state index contributed by atoms with van der Waals surface area (Å²) in [6.45, 7) is 6.94. The van der Waals surface area contributed by atoms with Gasteiger partial charge in [0.15, 0.2) is 18.2 Å². The van der Waals surface area contributed by atoms with Gasteiger partial charge < -0.3 is 4.84 Å². The van der Waals surface area contributed by atoms with Gasteiger partial charge in [-0.25, -0.2) is 9.36 Å². The molecule has 5 heteroatoms. The van der Waals surface area contributed by atoms with Crippen molar-refractivity contribution in [2.45, 2.75) is 72.1 Å². The van der Waals surface area contributed by atoms with Gasteiger partial charge in [-0.2, -0.15) is 0 Å². The van der Waals surface area contributed by atoms with Crippen LogP contribution >= 0.6 is 0 Å². The van der Waals surface area contributed by atoms with E-state index in [0.29, 0.717) is 35.5 Å². The number of hydrogen-bond acceptors (Lipinski definition) is 4. The van der Waals surface area contributed by atoms with Crippen LogP contribution in [0.5, 0.6) is 0 Å². The van der Waals surface area contributed by atoms with Gasteiger partial charge in [0.1, 0.15) is 12.6 Å². The van der Waals surface area contributed by atoms with E-state index in [1.165, 1.54) is 31.3 Å². The third-order valence-electron chi connectivity index (χ3n) is 9.91. The van der Waals surface area contributed by atoms with E-state index in [2.05, 4.69) is 19.0 Å². The van der Waals surface area contributed by atoms with Gasteiger partial charge in [0.2, 0.25) is 0 Å². The molecular weight excluding hydrogens is 412 g/mol. The molecule has 0 N–H and O–H groups in total. The van der Waals surface area contributed by atoms with E-state index in [1.807, 2.05) is 36.9 Å². The van der Waals surface area contributed by atoms with Gasteiger partial charge >= 0.3 is 5.97 Å². The Morgan fingerprint density at radius 2 is 1.94 bits per heavy atom. The summed E-state index contributed by atoms with van der Waals surface area (Å²) in [7, 11) is 1.89. The van der Waals surface area contributed by atoms with Gasteiger partial charge in [0, 0.05) is 18.4 Å². The lowest BCUT2D eigenvalue weighted by Crippen LogP contribution is -2.51. The topological polar surface area (TPSA) is 59.6 Å². The first-order valence-electron chi connectivity index (χ1n) is 12.7. The number of fused-ring (bicyclic) bond motifs is 5. The van der Waals surface area contributed by atoms with Gasteiger partial charge in [-0.1, -0.05) is 24.6 Å². The van der Waals surface area contributed by atoms with E-state index in [9.17, 15) is 9.59 Å². The van der Waals surface area contributed by atoms with Crippen LogP contribution in [0.15, 0.2) is 41.3 Å². The van der Waals surface area contributed by atoms with Crippen molar-refractivity contribution >= 4 is 17.5 Å². The van der Waals surface area contributed by atoms with Crippen LogP contribution in [-0.4, -0.2) is 17.5 Å². The summed E-state index contributed by atoms with van der Waals surface area (Å²) in [4.78, 5) is 29.9. The number of pyridine rings is 1. The molecule has 3 fully saturated rings. The molecule has 0 aromatic carbocycles. The molecule has 0 saturated heterocycles. The molecule has 0 amide bonds. The predicted octanol–water partition coefficient (Wildman–Crippen LogP) is 5.19. The monoisotopic (exact) mass is 449 g/mol. The molecule has 1 aromatic heterocycles. The standard InChI is InChI=1S/C28H37N2O3/c1-18(29-33-26(32)19-6-5-15-30(4)17-19)23-9-10-24-22-8-7-20-16-21(31)11-13-27(20,2)25(22)12-14-28(23,24)3/h5-6,15-17,22-25H,7-14H2,1-4H3/q+1/t22-,23+,24-,25-,27-,28+/m0/s1. The second-order valence-corrected chi connectivity index (χ2v) is 11.5. The number of carbonyl (C=O) groups excluding carboxylic acids is 2. The van der Waals surface area contributed by atoms with Crippen LogP contribution < -0.4 is 4.57 Å². The van der Waals surface area contributed by atoms with Crippen molar-refractivity contribution < 1.29 is 19.0 Å². The molecule has 0 aliphatic heterocycles. The Morgan fingerprint density at radius 3 is 2.73 bits per heavy atom. The first-order chi connectivity index (χ1) is 15.7. The number of aromatic nitrogens is 1. The molecule has 4 aliphatic rings. The molecule has 1 aromatic rings. The third-order valence-corrected chi connectivity index (χ3v) is 9.91. The highest BCUT2D eigenvalue weighted by atomic mass is 16.7. The van der Waals surface area contributed by atoms with E-state index in [-0.39, 0.29) is 10.8 Å². The predicted molar refractivity (Wildman–Crippen MR) is 126 cm³/mol. The van der Waals surface area contributed by atoms with E-state index >= 15 is 0 Å². The van der Waals surface area contributed by atoms with E-state index < -0.39 is 5.97 Å². The van der Waals surface area contributed by atoms with Crippen molar-refractivity contribution in [2.75, 3.05) is 0 Å². The summed E-state index contributed by atoms with van der Waals surface area (Å²) in [5, 5.41) is 4.35. The molecule has 4 aliphatic carbocycles. The second-order valence-electron chi connectivity index (χ2n) is 11.5. The van der Waals surface area contributed by atoms with Gasteiger partial charge in [0.25, 0.3) is 0 Å². The van der Waals surface area contributed by atoms with Crippen molar-refractivity contribution in [2.24, 2.45) is 46.7 Å². The number of ketones is 1. The number of aryl methyl sites for hydroxylation is 1. The number of rotatable bonds is 3. The highest BCUT2D eigenvalue weighted by molar-refractivity contribution is 5.92. The summed E-state index contributed by atoms with van der Waals surface area (Å²) in [6.07, 6.45) is 14.4. The fourth-order valence-corrected chi connectivity index (χ4v) is 8.18. The largest absolute Gasteiger partial charge is 0.371 e. The number of carbonyl (C=O) groups is 2. The lowest BCUT2D eigenvalue weighted by atomic mass is 9.46. The van der Waals surface area contributed by atoms with Crippen LogP contribution in [0.25, 0.3) is 0 Å². The molecule has 0 radical (unpaired) electrons. The highest BCUT2D eigenvalue weighted by Crippen LogP contribution is 2.66. The summed E-state index contributed by atoms with van der Waals surface area (Å²) in [5.41, 5.74) is 3.32. The molecule has 0 spiro atoms. The van der Waals surface area contributed by atoms with Crippen molar-refractivity contribution in [3.63, 3.8) is 0 Å². The maximum atomic E-state index is 12.5. The Labute approximate surface area is 197 Å². The SMILES string of the molecule is CC(=NOC(=O)c1ccc[n+](C)c1)[C@H]1CC[C@H]2[C@@H]3CCC4=CC(=O)CC[C@]4(C)[C@H]3CC[C@]12C. The van der Waals surface area contributed by atoms with Crippen molar-refractivity contribution in [3.05, 3.63) is 41.7 Å². The average Bonchev–Trinajstić information content (AvgIpc) is 3.15. The number of allylic oxidation sites excluding steroid dienone is 1. The Balaban J connectivity index is 1.33. The van der Waals surface area contributed by atoms with Crippen molar-refractivity contribution in [1.82, 2.24) is 0 Å². The van der Waals surface area contributed by atoms with Gasteiger partial charge in [-0.15, -0.1) is 0 Å². The van der Waals surface area contributed by atoms with Gasteiger partial charge in [-0.3, -0.25) is 4.79 Å².